The zero-order chi connectivity index (χ0) is 17.1. The molecular formula is C19H35O3Si. The monoisotopic (exact) mass is 339 g/mol. The van der Waals surface area contributed by atoms with Crippen LogP contribution in [0.25, 0.3) is 0 Å². The Morgan fingerprint density at radius 3 is 2.22 bits per heavy atom. The predicted molar refractivity (Wildman–Crippen MR) is 98.6 cm³/mol. The highest BCUT2D eigenvalue weighted by Gasteiger charge is 2.31. The fourth-order valence-corrected chi connectivity index (χ4v) is 4.46. The molecule has 0 aromatic rings. The van der Waals surface area contributed by atoms with Crippen LogP contribution in [0, 0.1) is 0 Å². The summed E-state index contributed by atoms with van der Waals surface area (Å²) in [4.78, 5) is 0. The van der Waals surface area contributed by atoms with Crippen LogP contribution in [0.2, 0.25) is 13.1 Å². The molecule has 3 nitrogen and oxygen atoms in total. The van der Waals surface area contributed by atoms with E-state index in [4.69, 9.17) is 9.47 Å². The first-order valence-electron chi connectivity index (χ1n) is 9.39. The van der Waals surface area contributed by atoms with Gasteiger partial charge in [-0.3, -0.25) is 0 Å². The molecule has 1 aliphatic rings. The summed E-state index contributed by atoms with van der Waals surface area (Å²) in [7, 11) is -0.759. The van der Waals surface area contributed by atoms with Crippen LogP contribution in [0.4, 0.5) is 0 Å². The van der Waals surface area contributed by atoms with E-state index < -0.39 is 14.8 Å². The van der Waals surface area contributed by atoms with Gasteiger partial charge in [-0.15, -0.1) is 0 Å². The maximum absolute atomic E-state index is 12.8. The SMILES string of the molecule is CCCCOC([O])(CCCC1=C([SiH](C)C)C=CC1)OCCCC. The van der Waals surface area contributed by atoms with Crippen molar-refractivity contribution in [2.24, 2.45) is 0 Å². The number of hydrogen-bond acceptors (Lipinski definition) is 2. The minimum absolute atomic E-state index is 0.441. The van der Waals surface area contributed by atoms with E-state index in [1.165, 1.54) is 5.57 Å². The van der Waals surface area contributed by atoms with Gasteiger partial charge in [-0.2, -0.15) is 5.11 Å². The number of unbranched alkanes of at least 4 members (excludes halogenated alkanes) is 2. The second-order valence-electron chi connectivity index (χ2n) is 6.76. The smallest absolute Gasteiger partial charge is 0.312 e. The number of allylic oxidation sites excluding steroid dienone is 4. The highest BCUT2D eigenvalue weighted by Crippen LogP contribution is 2.28. The summed E-state index contributed by atoms with van der Waals surface area (Å²) in [6.45, 7) is 9.94. The van der Waals surface area contributed by atoms with E-state index >= 15 is 0 Å². The molecule has 0 bridgehead atoms. The Labute approximate surface area is 144 Å². The van der Waals surface area contributed by atoms with Gasteiger partial charge in [0.1, 0.15) is 0 Å². The largest absolute Gasteiger partial charge is 0.326 e. The first kappa shape index (κ1) is 20.6. The molecule has 23 heavy (non-hydrogen) atoms. The van der Waals surface area contributed by atoms with E-state index in [0.717, 1.165) is 44.9 Å². The zero-order valence-electron chi connectivity index (χ0n) is 15.5. The van der Waals surface area contributed by atoms with Crippen molar-refractivity contribution in [2.45, 2.75) is 84.3 Å². The summed E-state index contributed by atoms with van der Waals surface area (Å²) in [6.07, 6.45) is 11.8. The Morgan fingerprint density at radius 1 is 1.09 bits per heavy atom. The van der Waals surface area contributed by atoms with Gasteiger partial charge in [-0.05, 0) is 32.1 Å². The van der Waals surface area contributed by atoms with Gasteiger partial charge < -0.3 is 9.47 Å². The molecule has 0 saturated heterocycles. The molecule has 133 valence electrons. The molecule has 0 aromatic carbocycles. The summed E-state index contributed by atoms with van der Waals surface area (Å²) in [6, 6.07) is 0. The van der Waals surface area contributed by atoms with Gasteiger partial charge in [0.05, 0.1) is 22.0 Å². The lowest BCUT2D eigenvalue weighted by atomic mass is 10.1. The first-order chi connectivity index (χ1) is 11.0. The standard InChI is InChI=1S/C19H35O3Si/c1-5-7-15-21-19(20,22-16-8-6-2)14-10-12-17-11-9-13-18(17)23(3)4/h9,13,23H,5-8,10-12,14-16H2,1-4H3. The number of rotatable bonds is 13. The number of ether oxygens (including phenoxy) is 2. The molecule has 1 radical (unpaired) electrons. The van der Waals surface area contributed by atoms with Crippen molar-refractivity contribution in [2.75, 3.05) is 13.2 Å². The van der Waals surface area contributed by atoms with Gasteiger partial charge in [0.15, 0.2) is 0 Å². The molecule has 0 spiro atoms. The maximum Gasteiger partial charge on any atom is 0.312 e. The predicted octanol–water partition coefficient (Wildman–Crippen LogP) is 5.16. The fraction of sp³-hybridized carbons (Fsp3) is 0.789. The third-order valence-corrected chi connectivity index (χ3v) is 6.14. The van der Waals surface area contributed by atoms with E-state index in [9.17, 15) is 5.11 Å². The average Bonchev–Trinajstić information content (AvgIpc) is 2.96. The van der Waals surface area contributed by atoms with Gasteiger partial charge in [0.2, 0.25) is 0 Å². The van der Waals surface area contributed by atoms with Crippen molar-refractivity contribution in [3.8, 4) is 0 Å². The van der Waals surface area contributed by atoms with Crippen LogP contribution in [0.5, 0.6) is 0 Å². The maximum atomic E-state index is 12.8. The molecule has 0 aromatic heterocycles. The number of hydrogen-bond donors (Lipinski definition) is 0. The van der Waals surface area contributed by atoms with Gasteiger partial charge in [-0.1, -0.05) is 62.7 Å². The van der Waals surface area contributed by atoms with E-state index in [1.807, 2.05) is 0 Å². The van der Waals surface area contributed by atoms with E-state index in [0.29, 0.717) is 19.6 Å². The second-order valence-corrected chi connectivity index (χ2v) is 9.69. The fourth-order valence-electron chi connectivity index (χ4n) is 2.86. The lowest BCUT2D eigenvalue weighted by Crippen LogP contribution is -2.35. The Bertz CT molecular complexity index is 378. The van der Waals surface area contributed by atoms with Crippen LogP contribution < -0.4 is 0 Å². The molecule has 4 heteroatoms. The van der Waals surface area contributed by atoms with E-state index in [2.05, 4.69) is 39.1 Å². The van der Waals surface area contributed by atoms with Gasteiger partial charge in [0, 0.05) is 6.42 Å². The van der Waals surface area contributed by atoms with Crippen molar-refractivity contribution >= 4 is 8.80 Å². The van der Waals surface area contributed by atoms with Crippen LogP contribution >= 0.6 is 0 Å². The van der Waals surface area contributed by atoms with Gasteiger partial charge in [-0.25, -0.2) is 0 Å². The Balaban J connectivity index is 2.47. The van der Waals surface area contributed by atoms with Crippen LogP contribution in [-0.2, 0) is 14.6 Å². The minimum Gasteiger partial charge on any atom is -0.326 e. The third kappa shape index (κ3) is 7.79. The van der Waals surface area contributed by atoms with Crippen molar-refractivity contribution in [3.63, 3.8) is 0 Å². The van der Waals surface area contributed by atoms with Crippen molar-refractivity contribution in [1.82, 2.24) is 0 Å². The first-order valence-corrected chi connectivity index (χ1v) is 12.3. The summed E-state index contributed by atoms with van der Waals surface area (Å²) < 4.78 is 11.1. The van der Waals surface area contributed by atoms with Gasteiger partial charge in [0.25, 0.3) is 0 Å². The Hall–Kier alpha value is -0.423. The minimum atomic E-state index is -1.65. The lowest BCUT2D eigenvalue weighted by molar-refractivity contribution is -0.391. The molecule has 0 aliphatic heterocycles. The second kappa shape index (κ2) is 11.2. The average molecular weight is 340 g/mol. The van der Waals surface area contributed by atoms with Crippen LogP contribution in [0.1, 0.15) is 65.2 Å². The Morgan fingerprint density at radius 2 is 1.70 bits per heavy atom. The summed E-state index contributed by atoms with van der Waals surface area (Å²) in [5.74, 6) is -1.65. The normalized spacial score (nSPS) is 15.2. The highest BCUT2D eigenvalue weighted by atomic mass is 28.3. The molecule has 0 fully saturated rings. The molecule has 1 aliphatic carbocycles. The molecular weight excluding hydrogens is 304 g/mol. The van der Waals surface area contributed by atoms with Crippen molar-refractivity contribution in [3.05, 3.63) is 22.9 Å². The molecule has 1 rings (SSSR count). The molecule has 0 unspecified atom stereocenters. The summed E-state index contributed by atoms with van der Waals surface area (Å²) in [5.41, 5.74) is 1.54. The summed E-state index contributed by atoms with van der Waals surface area (Å²) in [5, 5.41) is 14.4. The van der Waals surface area contributed by atoms with Crippen molar-refractivity contribution < 1.29 is 14.6 Å². The topological polar surface area (TPSA) is 38.4 Å². The van der Waals surface area contributed by atoms with E-state index in [1.54, 1.807) is 5.20 Å². The molecule has 0 N–H and O–H groups in total. The summed E-state index contributed by atoms with van der Waals surface area (Å²) >= 11 is 0. The highest BCUT2D eigenvalue weighted by molar-refractivity contribution is 6.65. The van der Waals surface area contributed by atoms with Crippen LogP contribution in [-0.4, -0.2) is 28.0 Å². The third-order valence-electron chi connectivity index (χ3n) is 4.29. The Kier molecular flexibility index (Phi) is 10.0. The van der Waals surface area contributed by atoms with Crippen LogP contribution in [0.3, 0.4) is 0 Å². The molecule has 0 heterocycles. The van der Waals surface area contributed by atoms with E-state index in [-0.39, 0.29) is 0 Å². The van der Waals surface area contributed by atoms with Gasteiger partial charge >= 0.3 is 5.97 Å². The van der Waals surface area contributed by atoms with Crippen LogP contribution in [0.15, 0.2) is 22.9 Å². The zero-order valence-corrected chi connectivity index (χ0v) is 16.7. The quantitative estimate of drug-likeness (QED) is 0.264. The lowest BCUT2D eigenvalue weighted by Gasteiger charge is -2.26. The van der Waals surface area contributed by atoms with Crippen molar-refractivity contribution in [1.29, 1.82) is 0 Å². The molecule has 0 amide bonds. The molecule has 0 atom stereocenters. The molecule has 0 saturated carbocycles.